The van der Waals surface area contributed by atoms with Gasteiger partial charge in [-0.25, -0.2) is 0 Å². The molecule has 0 unspecified atom stereocenters. The minimum Gasteiger partial charge on any atom is -0.455 e. The largest absolute Gasteiger partial charge is 0.455 e. The summed E-state index contributed by atoms with van der Waals surface area (Å²) in [4.78, 5) is 4.91. The number of anilines is 6. The number of rotatable bonds is 9. The lowest BCUT2D eigenvalue weighted by Crippen LogP contribution is -2.11. The van der Waals surface area contributed by atoms with E-state index in [0.717, 1.165) is 67.2 Å². The van der Waals surface area contributed by atoms with Crippen LogP contribution in [-0.4, -0.2) is 0 Å². The van der Waals surface area contributed by atoms with Gasteiger partial charge in [-0.15, -0.1) is 11.3 Å². The Bertz CT molecular complexity index is 5830. The summed E-state index contributed by atoms with van der Waals surface area (Å²) in [5.74, 6) is 0. The summed E-state index contributed by atoms with van der Waals surface area (Å²) in [6.45, 7) is 0. The van der Waals surface area contributed by atoms with Crippen molar-refractivity contribution in [3.8, 4) is 33.4 Å². The van der Waals surface area contributed by atoms with E-state index in [1.807, 2.05) is 17.4 Å². The predicted octanol–water partition coefficient (Wildman–Crippen LogP) is 24.8. The molecule has 0 saturated carbocycles. The monoisotopic (exact) mass is 1140 g/mol. The van der Waals surface area contributed by atoms with Crippen LogP contribution in [0.2, 0.25) is 0 Å². The van der Waals surface area contributed by atoms with E-state index >= 15 is 0 Å². The molecule has 88 heavy (non-hydrogen) atoms. The van der Waals surface area contributed by atoms with Crippen LogP contribution in [0.3, 0.4) is 0 Å². The predicted molar refractivity (Wildman–Crippen MR) is 377 cm³/mol. The topological polar surface area (TPSA) is 19.6 Å². The van der Waals surface area contributed by atoms with E-state index in [1.54, 1.807) is 0 Å². The summed E-state index contributed by atoms with van der Waals surface area (Å²) in [7, 11) is 0. The van der Waals surface area contributed by atoms with Crippen LogP contribution in [0, 0.1) is 0 Å². The third kappa shape index (κ3) is 8.11. The standard InChI is InChI=1S/C84H52N2OS/c1-2-18-60-50-65(44-34-53(60)14-1)85(77-28-12-20-59-31-30-56-16-4-7-22-68(56)82(59)77)63-40-32-54(33-41-63)61-39-49-80-75(51-61)72-45-38-62(52-81(72)88-80)66-47-48-78(83-69-23-8-5-17-57(69)37-46-73(66)83)86(76-27-11-19-55-15-3-6-21-67(55)76)64-42-35-58(36-43-64)70-25-13-26-74-71-24-9-10-29-79(71)87-84(70)74/h1-52H. The van der Waals surface area contributed by atoms with Gasteiger partial charge in [0.05, 0.1) is 17.1 Å². The van der Waals surface area contributed by atoms with E-state index in [0.29, 0.717) is 0 Å². The van der Waals surface area contributed by atoms with Crippen LogP contribution in [0.4, 0.5) is 34.1 Å². The Morgan fingerprint density at radius 1 is 0.239 bits per heavy atom. The summed E-state index contributed by atoms with van der Waals surface area (Å²) in [6, 6.07) is 116. The van der Waals surface area contributed by atoms with Crippen molar-refractivity contribution < 1.29 is 4.42 Å². The number of furan rings is 1. The highest BCUT2D eigenvalue weighted by atomic mass is 32.1. The highest BCUT2D eigenvalue weighted by Crippen LogP contribution is 2.49. The maximum atomic E-state index is 6.54. The number of nitrogens with zero attached hydrogens (tertiary/aromatic N) is 2. The molecule has 0 aliphatic carbocycles. The van der Waals surface area contributed by atoms with Gasteiger partial charge in [-0.1, -0.05) is 237 Å². The van der Waals surface area contributed by atoms with Gasteiger partial charge in [-0.05, 0) is 155 Å². The number of thiophene rings is 1. The minimum atomic E-state index is 0.899. The summed E-state index contributed by atoms with van der Waals surface area (Å²) in [5, 5.41) is 19.4. The van der Waals surface area contributed by atoms with Crippen LogP contribution in [0.5, 0.6) is 0 Å². The molecule has 4 heteroatoms. The zero-order chi connectivity index (χ0) is 57.8. The molecule has 0 atom stereocenters. The summed E-state index contributed by atoms with van der Waals surface area (Å²) in [6.07, 6.45) is 0. The van der Waals surface area contributed by atoms with Crippen LogP contribution in [0.25, 0.3) is 140 Å². The zero-order valence-electron chi connectivity index (χ0n) is 47.7. The van der Waals surface area contributed by atoms with Gasteiger partial charge in [-0.3, -0.25) is 0 Å². The Morgan fingerprint density at radius 3 is 1.59 bits per heavy atom. The molecule has 0 aliphatic rings. The van der Waals surface area contributed by atoms with Crippen molar-refractivity contribution in [2.75, 3.05) is 9.80 Å². The second-order valence-electron chi connectivity index (χ2n) is 23.1. The maximum Gasteiger partial charge on any atom is 0.143 e. The first kappa shape index (κ1) is 50.1. The van der Waals surface area contributed by atoms with E-state index in [2.05, 4.69) is 319 Å². The van der Waals surface area contributed by atoms with Gasteiger partial charge < -0.3 is 14.2 Å². The SMILES string of the molecule is c1ccc2cc(N(c3ccc(-c4ccc5sc6cc(-c7ccc(N(c8ccc(-c9cccc%10c9oc9ccccc9%10)cc8)c8cccc9ccccc89)c8c7ccc7ccccc78)ccc6c5c4)cc3)c3cccc4ccc5ccccc5c34)ccc2c1. The Balaban J connectivity index is 0.734. The van der Waals surface area contributed by atoms with Crippen molar-refractivity contribution >= 4 is 152 Å². The number of para-hydroxylation sites is 2. The number of benzene rings is 16. The first-order valence-electron chi connectivity index (χ1n) is 30.1. The summed E-state index contributed by atoms with van der Waals surface area (Å²) in [5.41, 5.74) is 15.4. The molecule has 0 amide bonds. The molecular weight excluding hydrogens is 1090 g/mol. The Morgan fingerprint density at radius 2 is 0.784 bits per heavy atom. The quantitative estimate of drug-likeness (QED) is 0.134. The molecule has 410 valence electrons. The van der Waals surface area contributed by atoms with Crippen molar-refractivity contribution in [3.05, 3.63) is 315 Å². The fourth-order valence-electron chi connectivity index (χ4n) is 14.0. The molecule has 16 aromatic carbocycles. The molecule has 0 bridgehead atoms. The van der Waals surface area contributed by atoms with E-state index in [-0.39, 0.29) is 0 Å². The average Bonchev–Trinajstić information content (AvgIpc) is 2.14. The molecule has 0 saturated heterocycles. The van der Waals surface area contributed by atoms with Crippen molar-refractivity contribution in [1.82, 2.24) is 0 Å². The zero-order valence-corrected chi connectivity index (χ0v) is 48.5. The van der Waals surface area contributed by atoms with Gasteiger partial charge in [0.25, 0.3) is 0 Å². The molecule has 0 aliphatic heterocycles. The van der Waals surface area contributed by atoms with Crippen molar-refractivity contribution in [2.24, 2.45) is 0 Å². The van der Waals surface area contributed by atoms with Crippen LogP contribution >= 0.6 is 11.3 Å². The lowest BCUT2D eigenvalue weighted by atomic mass is 9.92. The Labute approximate surface area is 512 Å². The Hall–Kier alpha value is -11.3. The third-order valence-corrected chi connectivity index (χ3v) is 19.3. The molecule has 0 fully saturated rings. The fourth-order valence-corrected chi connectivity index (χ4v) is 15.1. The van der Waals surface area contributed by atoms with Gasteiger partial charge in [-0.2, -0.15) is 0 Å². The van der Waals surface area contributed by atoms with E-state index in [9.17, 15) is 0 Å². The van der Waals surface area contributed by atoms with E-state index in [1.165, 1.54) is 107 Å². The highest BCUT2D eigenvalue weighted by molar-refractivity contribution is 7.25. The van der Waals surface area contributed by atoms with Crippen LogP contribution in [0.1, 0.15) is 0 Å². The normalized spacial score (nSPS) is 11.9. The number of fused-ring (bicyclic) bond motifs is 14. The second kappa shape index (κ2) is 20.2. The van der Waals surface area contributed by atoms with Gasteiger partial charge in [0.2, 0.25) is 0 Å². The fraction of sp³-hybridized carbons (Fsp3) is 0. The van der Waals surface area contributed by atoms with Crippen LogP contribution in [0.15, 0.2) is 320 Å². The summed E-state index contributed by atoms with van der Waals surface area (Å²) < 4.78 is 9.08. The minimum absolute atomic E-state index is 0.899. The molecule has 2 heterocycles. The third-order valence-electron chi connectivity index (χ3n) is 18.2. The molecule has 18 rings (SSSR count). The molecular formula is C84H52N2OS. The van der Waals surface area contributed by atoms with Crippen LogP contribution < -0.4 is 9.80 Å². The average molecular weight is 1140 g/mol. The van der Waals surface area contributed by atoms with Crippen molar-refractivity contribution in [2.45, 2.75) is 0 Å². The summed E-state index contributed by atoms with van der Waals surface area (Å²) >= 11 is 1.87. The number of hydrogen-bond acceptors (Lipinski definition) is 4. The van der Waals surface area contributed by atoms with E-state index < -0.39 is 0 Å². The first-order valence-corrected chi connectivity index (χ1v) is 30.9. The molecule has 0 radical (unpaired) electrons. The van der Waals surface area contributed by atoms with Gasteiger partial charge in [0.1, 0.15) is 11.2 Å². The van der Waals surface area contributed by atoms with Gasteiger partial charge >= 0.3 is 0 Å². The van der Waals surface area contributed by atoms with Crippen LogP contribution in [-0.2, 0) is 0 Å². The lowest BCUT2D eigenvalue weighted by molar-refractivity contribution is 0.670. The maximum absolute atomic E-state index is 6.54. The van der Waals surface area contributed by atoms with Gasteiger partial charge in [0, 0.05) is 69.7 Å². The van der Waals surface area contributed by atoms with E-state index in [4.69, 9.17) is 4.42 Å². The van der Waals surface area contributed by atoms with Crippen molar-refractivity contribution in [1.29, 1.82) is 0 Å². The second-order valence-corrected chi connectivity index (χ2v) is 24.2. The van der Waals surface area contributed by atoms with Gasteiger partial charge in [0.15, 0.2) is 0 Å². The number of hydrogen-bond donors (Lipinski definition) is 0. The molecule has 2 aromatic heterocycles. The lowest BCUT2D eigenvalue weighted by Gasteiger charge is -2.29. The molecule has 3 nitrogen and oxygen atoms in total. The molecule has 18 aromatic rings. The first-order chi connectivity index (χ1) is 43.6. The molecule has 0 N–H and O–H groups in total. The molecule has 0 spiro atoms. The highest BCUT2D eigenvalue weighted by Gasteiger charge is 2.23. The Kier molecular flexibility index (Phi) is 11.5. The smallest absolute Gasteiger partial charge is 0.143 e. The van der Waals surface area contributed by atoms with Crippen molar-refractivity contribution in [3.63, 3.8) is 0 Å².